The van der Waals surface area contributed by atoms with Gasteiger partial charge in [-0.15, -0.1) is 0 Å². The monoisotopic (exact) mass is 366 g/mol. The number of piperidine rings is 1. The molecule has 1 heterocycles. The highest BCUT2D eigenvalue weighted by Crippen LogP contribution is 2.26. The van der Waals surface area contributed by atoms with Crippen LogP contribution in [0.15, 0.2) is 54.6 Å². The van der Waals surface area contributed by atoms with E-state index in [4.69, 9.17) is 4.74 Å². The standard InChI is InChI=1S/C23H30N2O2/c1-19-10-12-22(13-11-19)27-16-15-24(2)23(26)18-25-14-6-9-21(17-25)20-7-4-3-5-8-20/h3-5,7-8,10-13,21H,6,9,14-18H2,1-2H3/t21-/m0/s1. The highest BCUT2D eigenvalue weighted by molar-refractivity contribution is 5.78. The Morgan fingerprint density at radius 1 is 1.15 bits per heavy atom. The van der Waals surface area contributed by atoms with E-state index in [0.717, 1.165) is 25.3 Å². The van der Waals surface area contributed by atoms with Gasteiger partial charge in [-0.3, -0.25) is 9.69 Å². The van der Waals surface area contributed by atoms with Crippen LogP contribution < -0.4 is 4.74 Å². The molecule has 4 heteroatoms. The summed E-state index contributed by atoms with van der Waals surface area (Å²) in [5, 5.41) is 0. The molecule has 0 bridgehead atoms. The van der Waals surface area contributed by atoms with Gasteiger partial charge < -0.3 is 9.64 Å². The number of benzene rings is 2. The summed E-state index contributed by atoms with van der Waals surface area (Å²) in [6, 6.07) is 18.6. The minimum Gasteiger partial charge on any atom is -0.492 e. The molecule has 3 rings (SSSR count). The molecular formula is C23H30N2O2. The molecule has 0 unspecified atom stereocenters. The lowest BCUT2D eigenvalue weighted by atomic mass is 9.91. The van der Waals surface area contributed by atoms with E-state index in [1.807, 2.05) is 31.3 Å². The van der Waals surface area contributed by atoms with Gasteiger partial charge in [-0.25, -0.2) is 0 Å². The van der Waals surface area contributed by atoms with Crippen molar-refractivity contribution in [1.82, 2.24) is 9.80 Å². The van der Waals surface area contributed by atoms with E-state index in [-0.39, 0.29) is 5.91 Å². The van der Waals surface area contributed by atoms with Crippen molar-refractivity contribution in [2.45, 2.75) is 25.7 Å². The molecule has 2 aromatic rings. The number of nitrogens with zero attached hydrogens (tertiary/aromatic N) is 2. The van der Waals surface area contributed by atoms with Crippen LogP contribution in [0.3, 0.4) is 0 Å². The summed E-state index contributed by atoms with van der Waals surface area (Å²) in [7, 11) is 1.86. The van der Waals surface area contributed by atoms with Crippen molar-refractivity contribution in [1.29, 1.82) is 0 Å². The predicted octanol–water partition coefficient (Wildman–Crippen LogP) is 3.71. The summed E-state index contributed by atoms with van der Waals surface area (Å²) in [5.41, 5.74) is 2.60. The van der Waals surface area contributed by atoms with Crippen LogP contribution in [0.5, 0.6) is 5.75 Å². The highest BCUT2D eigenvalue weighted by Gasteiger charge is 2.23. The molecule has 1 amide bonds. The molecule has 4 nitrogen and oxygen atoms in total. The first-order chi connectivity index (χ1) is 13.1. The zero-order chi connectivity index (χ0) is 19.1. The normalized spacial score (nSPS) is 17.5. The largest absolute Gasteiger partial charge is 0.492 e. The number of ether oxygens (including phenoxy) is 1. The number of hydrogen-bond donors (Lipinski definition) is 0. The number of aryl methyl sites for hydroxylation is 1. The minimum absolute atomic E-state index is 0.163. The van der Waals surface area contributed by atoms with Gasteiger partial charge in [0.15, 0.2) is 0 Å². The Kier molecular flexibility index (Phi) is 6.88. The molecular weight excluding hydrogens is 336 g/mol. The van der Waals surface area contributed by atoms with Gasteiger partial charge in [-0.1, -0.05) is 48.0 Å². The Labute approximate surface area is 162 Å². The average molecular weight is 367 g/mol. The summed E-state index contributed by atoms with van der Waals surface area (Å²) in [6.07, 6.45) is 2.35. The van der Waals surface area contributed by atoms with E-state index in [0.29, 0.717) is 25.6 Å². The molecule has 0 radical (unpaired) electrons. The molecule has 1 aliphatic heterocycles. The van der Waals surface area contributed by atoms with Crippen LogP contribution in [0, 0.1) is 6.92 Å². The number of hydrogen-bond acceptors (Lipinski definition) is 3. The zero-order valence-electron chi connectivity index (χ0n) is 16.4. The van der Waals surface area contributed by atoms with Crippen LogP contribution in [0.1, 0.15) is 29.9 Å². The predicted molar refractivity (Wildman–Crippen MR) is 109 cm³/mol. The van der Waals surface area contributed by atoms with E-state index < -0.39 is 0 Å². The molecule has 2 aromatic carbocycles. The smallest absolute Gasteiger partial charge is 0.236 e. The third kappa shape index (κ3) is 5.83. The highest BCUT2D eigenvalue weighted by atomic mass is 16.5. The maximum absolute atomic E-state index is 12.6. The van der Waals surface area contributed by atoms with Crippen molar-refractivity contribution in [3.05, 3.63) is 65.7 Å². The van der Waals surface area contributed by atoms with E-state index >= 15 is 0 Å². The first kappa shape index (κ1) is 19.4. The van der Waals surface area contributed by atoms with Crippen molar-refractivity contribution in [2.75, 3.05) is 39.8 Å². The van der Waals surface area contributed by atoms with Gasteiger partial charge in [0.1, 0.15) is 12.4 Å². The Hall–Kier alpha value is -2.33. The number of amides is 1. The molecule has 0 aromatic heterocycles. The van der Waals surface area contributed by atoms with Gasteiger partial charge in [0.2, 0.25) is 5.91 Å². The van der Waals surface area contributed by atoms with Gasteiger partial charge in [0, 0.05) is 13.6 Å². The lowest BCUT2D eigenvalue weighted by Gasteiger charge is -2.33. The summed E-state index contributed by atoms with van der Waals surface area (Å²) >= 11 is 0. The van der Waals surface area contributed by atoms with Gasteiger partial charge in [0.05, 0.1) is 13.1 Å². The lowest BCUT2D eigenvalue weighted by Crippen LogP contribution is -2.43. The number of likely N-dealkylation sites (tertiary alicyclic amines) is 1. The van der Waals surface area contributed by atoms with Gasteiger partial charge in [-0.2, -0.15) is 0 Å². The fourth-order valence-electron chi connectivity index (χ4n) is 3.57. The molecule has 0 saturated carbocycles. The zero-order valence-corrected chi connectivity index (χ0v) is 16.4. The first-order valence-corrected chi connectivity index (χ1v) is 9.82. The summed E-state index contributed by atoms with van der Waals surface area (Å²) in [6.45, 7) is 5.62. The third-order valence-electron chi connectivity index (χ3n) is 5.28. The second-order valence-corrected chi connectivity index (χ2v) is 7.46. The quantitative estimate of drug-likeness (QED) is 0.749. The van der Waals surface area contributed by atoms with E-state index in [2.05, 4.69) is 42.2 Å². The van der Waals surface area contributed by atoms with Gasteiger partial charge in [-0.05, 0) is 49.9 Å². The van der Waals surface area contributed by atoms with E-state index in [9.17, 15) is 4.79 Å². The number of rotatable bonds is 7. The van der Waals surface area contributed by atoms with Crippen LogP contribution in [0.25, 0.3) is 0 Å². The molecule has 0 N–H and O–H groups in total. The second kappa shape index (κ2) is 9.56. The molecule has 0 spiro atoms. The van der Waals surface area contributed by atoms with Crippen molar-refractivity contribution in [3.8, 4) is 5.75 Å². The average Bonchev–Trinajstić information content (AvgIpc) is 2.70. The van der Waals surface area contributed by atoms with Crippen molar-refractivity contribution in [2.24, 2.45) is 0 Å². The van der Waals surface area contributed by atoms with Crippen molar-refractivity contribution in [3.63, 3.8) is 0 Å². The fourth-order valence-corrected chi connectivity index (χ4v) is 3.57. The molecule has 27 heavy (non-hydrogen) atoms. The summed E-state index contributed by atoms with van der Waals surface area (Å²) in [4.78, 5) is 16.6. The van der Waals surface area contributed by atoms with Crippen LogP contribution >= 0.6 is 0 Å². The van der Waals surface area contributed by atoms with E-state index in [1.165, 1.54) is 17.5 Å². The number of carbonyl (C=O) groups excluding carboxylic acids is 1. The van der Waals surface area contributed by atoms with Crippen LogP contribution in [0.2, 0.25) is 0 Å². The molecule has 1 fully saturated rings. The molecule has 1 saturated heterocycles. The minimum atomic E-state index is 0.163. The molecule has 1 aliphatic rings. The van der Waals surface area contributed by atoms with Gasteiger partial charge in [0.25, 0.3) is 0 Å². The maximum Gasteiger partial charge on any atom is 0.236 e. The van der Waals surface area contributed by atoms with Crippen LogP contribution in [0.4, 0.5) is 0 Å². The van der Waals surface area contributed by atoms with Crippen molar-refractivity contribution >= 4 is 5.91 Å². The maximum atomic E-state index is 12.6. The number of likely N-dealkylation sites (N-methyl/N-ethyl adjacent to an activating group) is 1. The fraction of sp³-hybridized carbons (Fsp3) is 0.435. The van der Waals surface area contributed by atoms with Crippen molar-refractivity contribution < 1.29 is 9.53 Å². The Balaban J connectivity index is 1.42. The number of carbonyl (C=O) groups is 1. The Bertz CT molecular complexity index is 715. The SMILES string of the molecule is Cc1ccc(OCCN(C)C(=O)CN2CCC[C@H](c3ccccc3)C2)cc1. The topological polar surface area (TPSA) is 32.8 Å². The summed E-state index contributed by atoms with van der Waals surface area (Å²) in [5.74, 6) is 1.54. The van der Waals surface area contributed by atoms with Crippen LogP contribution in [-0.4, -0.2) is 55.5 Å². The molecule has 144 valence electrons. The Morgan fingerprint density at radius 3 is 2.63 bits per heavy atom. The molecule has 0 aliphatic carbocycles. The third-order valence-corrected chi connectivity index (χ3v) is 5.28. The Morgan fingerprint density at radius 2 is 1.89 bits per heavy atom. The second-order valence-electron chi connectivity index (χ2n) is 7.46. The van der Waals surface area contributed by atoms with Gasteiger partial charge >= 0.3 is 0 Å². The summed E-state index contributed by atoms with van der Waals surface area (Å²) < 4.78 is 5.74. The molecule has 1 atom stereocenters. The van der Waals surface area contributed by atoms with E-state index in [1.54, 1.807) is 4.90 Å². The lowest BCUT2D eigenvalue weighted by molar-refractivity contribution is -0.131. The first-order valence-electron chi connectivity index (χ1n) is 9.82. The van der Waals surface area contributed by atoms with Crippen LogP contribution in [-0.2, 0) is 4.79 Å².